The van der Waals surface area contributed by atoms with Gasteiger partial charge in [-0.25, -0.2) is 5.01 Å². The van der Waals surface area contributed by atoms with Gasteiger partial charge in [-0.05, 0) is 65.4 Å². The zero-order valence-corrected chi connectivity index (χ0v) is 19.2. The Bertz CT molecular complexity index is 1190. The molecule has 2 heterocycles. The molecule has 0 aromatic heterocycles. The predicted octanol–water partition coefficient (Wildman–Crippen LogP) is 4.74. The molecule has 2 aliphatic heterocycles. The SMILES string of the molecule is COc1ccc(C2=NN(C(=O)CN3CCc4ccccc4C3)[C@@H](c3ccccc3C)C2)cc1. The molecular formula is C28H29N3O2. The van der Waals surface area contributed by atoms with Gasteiger partial charge in [0.25, 0.3) is 5.91 Å². The molecule has 1 amide bonds. The molecule has 3 aromatic rings. The smallest absolute Gasteiger partial charge is 0.257 e. The average molecular weight is 440 g/mol. The van der Waals surface area contributed by atoms with Crippen LogP contribution in [-0.4, -0.2) is 41.7 Å². The summed E-state index contributed by atoms with van der Waals surface area (Å²) in [5.74, 6) is 0.859. The van der Waals surface area contributed by atoms with Crippen molar-refractivity contribution in [2.24, 2.45) is 5.10 Å². The number of rotatable bonds is 5. The number of fused-ring (bicyclic) bond motifs is 1. The first kappa shape index (κ1) is 21.4. The first-order chi connectivity index (χ1) is 16.1. The number of benzene rings is 3. The van der Waals surface area contributed by atoms with Gasteiger partial charge >= 0.3 is 0 Å². The van der Waals surface area contributed by atoms with Gasteiger partial charge < -0.3 is 4.74 Å². The molecule has 5 rings (SSSR count). The second kappa shape index (κ2) is 9.20. The molecule has 0 saturated heterocycles. The molecule has 1 atom stereocenters. The summed E-state index contributed by atoms with van der Waals surface area (Å²) in [5.41, 5.74) is 7.00. The Labute approximate surface area is 195 Å². The standard InChI is InChI=1S/C28H29N3O2/c1-20-7-3-6-10-25(20)27-17-26(22-11-13-24(33-2)14-12-22)29-31(27)28(32)19-30-16-15-21-8-4-5-9-23(21)18-30/h3-14,27H,15-19H2,1-2H3/t27-/m1/s1. The highest BCUT2D eigenvalue weighted by Crippen LogP contribution is 2.35. The van der Waals surface area contributed by atoms with Gasteiger partial charge in [-0.15, -0.1) is 0 Å². The van der Waals surface area contributed by atoms with E-state index in [0.29, 0.717) is 13.0 Å². The number of methoxy groups -OCH3 is 1. The maximum atomic E-state index is 13.6. The van der Waals surface area contributed by atoms with Gasteiger partial charge in [0, 0.05) is 19.5 Å². The number of carbonyl (C=O) groups excluding carboxylic acids is 1. The lowest BCUT2D eigenvalue weighted by Gasteiger charge is -2.30. The zero-order valence-electron chi connectivity index (χ0n) is 19.2. The highest BCUT2D eigenvalue weighted by Gasteiger charge is 2.34. The van der Waals surface area contributed by atoms with Gasteiger partial charge in [-0.2, -0.15) is 5.10 Å². The van der Waals surface area contributed by atoms with Crippen molar-refractivity contribution in [2.75, 3.05) is 20.2 Å². The molecule has 0 N–H and O–H groups in total. The van der Waals surface area contributed by atoms with Crippen LogP contribution in [0.2, 0.25) is 0 Å². The van der Waals surface area contributed by atoms with Crippen LogP contribution in [0.15, 0.2) is 77.9 Å². The van der Waals surface area contributed by atoms with E-state index in [0.717, 1.165) is 42.1 Å². The molecule has 5 nitrogen and oxygen atoms in total. The van der Waals surface area contributed by atoms with Gasteiger partial charge in [-0.3, -0.25) is 9.69 Å². The highest BCUT2D eigenvalue weighted by molar-refractivity contribution is 6.03. The summed E-state index contributed by atoms with van der Waals surface area (Å²) < 4.78 is 5.30. The van der Waals surface area contributed by atoms with Crippen LogP contribution in [0.3, 0.4) is 0 Å². The van der Waals surface area contributed by atoms with Crippen molar-refractivity contribution in [3.8, 4) is 5.75 Å². The minimum absolute atomic E-state index is 0.0474. The minimum atomic E-state index is -0.0899. The largest absolute Gasteiger partial charge is 0.497 e. The van der Waals surface area contributed by atoms with Crippen LogP contribution >= 0.6 is 0 Å². The van der Waals surface area contributed by atoms with Crippen LogP contribution in [0.1, 0.15) is 40.3 Å². The van der Waals surface area contributed by atoms with Crippen LogP contribution in [0.4, 0.5) is 0 Å². The fourth-order valence-electron chi connectivity index (χ4n) is 4.85. The summed E-state index contributed by atoms with van der Waals surface area (Å²) in [5, 5.41) is 6.58. The van der Waals surface area contributed by atoms with Crippen LogP contribution in [0.25, 0.3) is 0 Å². The molecular weight excluding hydrogens is 410 g/mol. The van der Waals surface area contributed by atoms with Gasteiger partial charge in [0.15, 0.2) is 0 Å². The van der Waals surface area contributed by atoms with Crippen LogP contribution < -0.4 is 4.74 Å². The van der Waals surface area contributed by atoms with Crippen molar-refractivity contribution in [1.29, 1.82) is 0 Å². The Kier molecular flexibility index (Phi) is 5.97. The predicted molar refractivity (Wildman–Crippen MR) is 130 cm³/mol. The number of carbonyl (C=O) groups is 1. The summed E-state index contributed by atoms with van der Waals surface area (Å²) >= 11 is 0. The van der Waals surface area contributed by atoms with Gasteiger partial charge in [-0.1, -0.05) is 48.5 Å². The third-order valence-electron chi connectivity index (χ3n) is 6.71. The molecule has 0 spiro atoms. The summed E-state index contributed by atoms with van der Waals surface area (Å²) in [6.45, 7) is 4.17. The van der Waals surface area contributed by atoms with E-state index in [4.69, 9.17) is 9.84 Å². The summed E-state index contributed by atoms with van der Waals surface area (Å²) in [6.07, 6.45) is 1.68. The van der Waals surface area contributed by atoms with Crippen molar-refractivity contribution in [1.82, 2.24) is 9.91 Å². The normalized spacial score (nSPS) is 18.1. The van der Waals surface area contributed by atoms with E-state index in [1.165, 1.54) is 16.7 Å². The minimum Gasteiger partial charge on any atom is -0.497 e. The summed E-state index contributed by atoms with van der Waals surface area (Å²) in [7, 11) is 1.66. The van der Waals surface area contributed by atoms with Crippen molar-refractivity contribution in [2.45, 2.75) is 32.4 Å². The van der Waals surface area contributed by atoms with E-state index in [-0.39, 0.29) is 11.9 Å². The van der Waals surface area contributed by atoms with E-state index in [1.807, 2.05) is 36.4 Å². The second-order valence-electron chi connectivity index (χ2n) is 8.82. The first-order valence-electron chi connectivity index (χ1n) is 11.5. The van der Waals surface area contributed by atoms with Crippen molar-refractivity contribution < 1.29 is 9.53 Å². The Morgan fingerprint density at radius 2 is 1.73 bits per heavy atom. The lowest BCUT2D eigenvalue weighted by atomic mass is 9.95. The van der Waals surface area contributed by atoms with E-state index >= 15 is 0 Å². The number of amides is 1. The second-order valence-corrected chi connectivity index (χ2v) is 8.82. The molecule has 3 aromatic carbocycles. The molecule has 5 heteroatoms. The van der Waals surface area contributed by atoms with Crippen molar-refractivity contribution in [3.05, 3.63) is 101 Å². The van der Waals surface area contributed by atoms with Crippen molar-refractivity contribution in [3.63, 3.8) is 0 Å². The molecule has 33 heavy (non-hydrogen) atoms. The third kappa shape index (κ3) is 4.41. The Hall–Kier alpha value is -3.44. The Morgan fingerprint density at radius 3 is 2.48 bits per heavy atom. The van der Waals surface area contributed by atoms with Crippen molar-refractivity contribution >= 4 is 11.6 Å². The van der Waals surface area contributed by atoms with Crippen LogP contribution in [0, 0.1) is 6.92 Å². The van der Waals surface area contributed by atoms with E-state index in [1.54, 1.807) is 12.1 Å². The van der Waals surface area contributed by atoms with E-state index in [9.17, 15) is 4.79 Å². The molecule has 0 unspecified atom stereocenters. The maximum Gasteiger partial charge on any atom is 0.257 e. The lowest BCUT2D eigenvalue weighted by molar-refractivity contribution is -0.134. The average Bonchev–Trinajstić information content (AvgIpc) is 3.30. The number of aryl methyl sites for hydroxylation is 1. The fourth-order valence-corrected chi connectivity index (χ4v) is 4.85. The molecule has 0 aliphatic carbocycles. The summed E-state index contributed by atoms with van der Waals surface area (Å²) in [4.78, 5) is 15.8. The lowest BCUT2D eigenvalue weighted by Crippen LogP contribution is -2.40. The highest BCUT2D eigenvalue weighted by atomic mass is 16.5. The molecule has 0 saturated carbocycles. The number of hydrogen-bond acceptors (Lipinski definition) is 4. The number of hydrogen-bond donors (Lipinski definition) is 0. The molecule has 0 radical (unpaired) electrons. The number of hydrazone groups is 1. The molecule has 0 fully saturated rings. The fraction of sp³-hybridized carbons (Fsp3) is 0.286. The maximum absolute atomic E-state index is 13.6. The quantitative estimate of drug-likeness (QED) is 0.577. The Morgan fingerprint density at radius 1 is 1.00 bits per heavy atom. The Balaban J connectivity index is 1.40. The van der Waals surface area contributed by atoms with Crippen LogP contribution in [-0.2, 0) is 17.8 Å². The van der Waals surface area contributed by atoms with Crippen LogP contribution in [0.5, 0.6) is 5.75 Å². The van der Waals surface area contributed by atoms with Gasteiger partial charge in [0.1, 0.15) is 5.75 Å². The molecule has 2 aliphatic rings. The zero-order chi connectivity index (χ0) is 22.8. The monoisotopic (exact) mass is 439 g/mol. The van der Waals surface area contributed by atoms with E-state index in [2.05, 4.69) is 48.2 Å². The first-order valence-corrected chi connectivity index (χ1v) is 11.5. The summed E-state index contributed by atoms with van der Waals surface area (Å²) in [6, 6.07) is 24.6. The van der Waals surface area contributed by atoms with E-state index < -0.39 is 0 Å². The number of ether oxygens (including phenoxy) is 1. The molecule has 0 bridgehead atoms. The number of nitrogens with zero attached hydrogens (tertiary/aromatic N) is 3. The third-order valence-corrected chi connectivity index (χ3v) is 6.71. The molecule has 168 valence electrons. The topological polar surface area (TPSA) is 45.1 Å². The van der Waals surface area contributed by atoms with Gasteiger partial charge in [0.05, 0.1) is 25.4 Å². The van der Waals surface area contributed by atoms with Gasteiger partial charge in [0.2, 0.25) is 0 Å².